The van der Waals surface area contributed by atoms with Gasteiger partial charge in [0, 0.05) is 4.88 Å². The van der Waals surface area contributed by atoms with Crippen molar-refractivity contribution in [2.45, 2.75) is 13.0 Å². The van der Waals surface area contributed by atoms with Gasteiger partial charge in [-0.3, -0.25) is 0 Å². The van der Waals surface area contributed by atoms with E-state index in [0.717, 1.165) is 10.4 Å². The van der Waals surface area contributed by atoms with E-state index in [9.17, 15) is 0 Å². The lowest BCUT2D eigenvalue weighted by molar-refractivity contribution is 0.355. The van der Waals surface area contributed by atoms with Crippen molar-refractivity contribution in [2.24, 2.45) is 5.73 Å². The van der Waals surface area contributed by atoms with Crippen LogP contribution >= 0.6 is 22.9 Å². The average molecular weight is 300 g/mol. The van der Waals surface area contributed by atoms with Crippen molar-refractivity contribution in [1.29, 1.82) is 0 Å². The van der Waals surface area contributed by atoms with Crippen molar-refractivity contribution in [3.05, 3.63) is 32.7 Å². The molecule has 102 valence electrons. The fourth-order valence-corrected chi connectivity index (χ4v) is 2.93. The molecule has 1 atom stereocenters. The van der Waals surface area contributed by atoms with Crippen molar-refractivity contribution in [3.63, 3.8) is 0 Å². The monoisotopic (exact) mass is 299 g/mol. The van der Waals surface area contributed by atoms with E-state index in [1.54, 1.807) is 0 Å². The minimum Gasteiger partial charge on any atom is -0.480 e. The van der Waals surface area contributed by atoms with E-state index in [4.69, 9.17) is 26.8 Å². The quantitative estimate of drug-likeness (QED) is 0.939. The first-order chi connectivity index (χ1) is 9.08. The van der Waals surface area contributed by atoms with Gasteiger partial charge in [-0.1, -0.05) is 11.6 Å². The molecule has 0 bridgehead atoms. The molecule has 0 aliphatic carbocycles. The zero-order chi connectivity index (χ0) is 14.0. The molecule has 0 aromatic carbocycles. The minimum atomic E-state index is -0.473. The van der Waals surface area contributed by atoms with Crippen LogP contribution in [0.1, 0.15) is 22.2 Å². The van der Waals surface area contributed by atoms with Gasteiger partial charge >= 0.3 is 0 Å². The van der Waals surface area contributed by atoms with Crippen LogP contribution < -0.4 is 15.2 Å². The predicted octanol–water partition coefficient (Wildman–Crippen LogP) is 2.57. The van der Waals surface area contributed by atoms with Crippen LogP contribution in [-0.2, 0) is 0 Å². The molecule has 5 nitrogen and oxygen atoms in total. The number of aromatic nitrogens is 2. The summed E-state index contributed by atoms with van der Waals surface area (Å²) >= 11 is 7.72. The van der Waals surface area contributed by atoms with Crippen molar-refractivity contribution in [3.8, 4) is 11.8 Å². The Balaban J connectivity index is 2.43. The predicted molar refractivity (Wildman–Crippen MR) is 75.2 cm³/mol. The second-order valence-corrected chi connectivity index (χ2v) is 5.17. The van der Waals surface area contributed by atoms with E-state index in [1.165, 1.54) is 31.8 Å². The lowest BCUT2D eigenvalue weighted by atomic mass is 10.1. The third-order valence-electron chi connectivity index (χ3n) is 2.65. The molecule has 0 aliphatic rings. The van der Waals surface area contributed by atoms with Gasteiger partial charge in [0.1, 0.15) is 5.69 Å². The summed E-state index contributed by atoms with van der Waals surface area (Å²) in [6, 6.07) is -0.473. The van der Waals surface area contributed by atoms with Gasteiger partial charge in [-0.05, 0) is 17.9 Å². The summed E-state index contributed by atoms with van der Waals surface area (Å²) in [6.07, 6.45) is 1.51. The van der Waals surface area contributed by atoms with Gasteiger partial charge in [-0.15, -0.1) is 11.3 Å². The number of thiophene rings is 1. The standard InChI is InChI=1S/C12H14ClN3O2S/c1-6-5-19-11(8(6)13)9(14)10-12(18-3)16-7(17-2)4-15-10/h4-5,9H,14H2,1-3H3. The van der Waals surface area contributed by atoms with Crippen LogP contribution in [0.25, 0.3) is 0 Å². The molecular formula is C12H14ClN3O2S. The van der Waals surface area contributed by atoms with Crippen molar-refractivity contribution in [1.82, 2.24) is 9.97 Å². The summed E-state index contributed by atoms with van der Waals surface area (Å²) in [5.41, 5.74) is 7.73. The van der Waals surface area contributed by atoms with Crippen LogP contribution in [0.2, 0.25) is 5.02 Å². The Hall–Kier alpha value is -1.37. The molecule has 1 unspecified atom stereocenters. The Labute approximate surface area is 120 Å². The van der Waals surface area contributed by atoms with Crippen LogP contribution in [0.3, 0.4) is 0 Å². The summed E-state index contributed by atoms with van der Waals surface area (Å²) < 4.78 is 10.2. The van der Waals surface area contributed by atoms with Crippen molar-refractivity contribution < 1.29 is 9.47 Å². The van der Waals surface area contributed by atoms with E-state index in [1.807, 2.05) is 12.3 Å². The molecular weight excluding hydrogens is 286 g/mol. The van der Waals surface area contributed by atoms with Crippen LogP contribution in [-0.4, -0.2) is 24.2 Å². The number of rotatable bonds is 4. The Morgan fingerprint density at radius 2 is 2.11 bits per heavy atom. The molecule has 7 heteroatoms. The second-order valence-electron chi connectivity index (χ2n) is 3.88. The van der Waals surface area contributed by atoms with Crippen LogP contribution in [0.5, 0.6) is 11.8 Å². The molecule has 2 N–H and O–H groups in total. The fraction of sp³-hybridized carbons (Fsp3) is 0.333. The van der Waals surface area contributed by atoms with Crippen LogP contribution in [0.15, 0.2) is 11.6 Å². The zero-order valence-corrected chi connectivity index (χ0v) is 12.4. The highest BCUT2D eigenvalue weighted by Gasteiger charge is 2.22. The third kappa shape index (κ3) is 2.65. The lowest BCUT2D eigenvalue weighted by Crippen LogP contribution is -2.15. The molecule has 0 fully saturated rings. The number of nitrogens with zero attached hydrogens (tertiary/aromatic N) is 2. The number of hydrogen-bond acceptors (Lipinski definition) is 6. The average Bonchev–Trinajstić information content (AvgIpc) is 2.77. The van der Waals surface area contributed by atoms with Gasteiger partial charge in [-0.2, -0.15) is 4.98 Å². The molecule has 2 aromatic heterocycles. The van der Waals surface area contributed by atoms with E-state index in [0.29, 0.717) is 22.5 Å². The molecule has 0 saturated heterocycles. The van der Waals surface area contributed by atoms with Gasteiger partial charge in [-0.25, -0.2) is 4.98 Å². The topological polar surface area (TPSA) is 70.3 Å². The van der Waals surface area contributed by atoms with E-state index >= 15 is 0 Å². The zero-order valence-electron chi connectivity index (χ0n) is 10.8. The Kier molecular flexibility index (Phi) is 4.24. The highest BCUT2D eigenvalue weighted by Crippen LogP contribution is 2.36. The summed E-state index contributed by atoms with van der Waals surface area (Å²) in [7, 11) is 3.03. The lowest BCUT2D eigenvalue weighted by Gasteiger charge is -2.13. The summed E-state index contributed by atoms with van der Waals surface area (Å²) in [6.45, 7) is 1.94. The summed E-state index contributed by atoms with van der Waals surface area (Å²) in [4.78, 5) is 9.27. The molecule has 19 heavy (non-hydrogen) atoms. The van der Waals surface area contributed by atoms with Gasteiger partial charge in [0.25, 0.3) is 0 Å². The number of hydrogen-bond donors (Lipinski definition) is 1. The second kappa shape index (κ2) is 5.73. The normalized spacial score (nSPS) is 12.3. The molecule has 0 saturated carbocycles. The number of ether oxygens (including phenoxy) is 2. The maximum absolute atomic E-state index is 6.22. The fourth-order valence-electron chi connectivity index (χ4n) is 1.61. The molecule has 0 aliphatic heterocycles. The van der Waals surface area contributed by atoms with Crippen molar-refractivity contribution in [2.75, 3.05) is 14.2 Å². The Morgan fingerprint density at radius 3 is 2.63 bits per heavy atom. The molecule has 0 amide bonds. The van der Waals surface area contributed by atoms with Gasteiger partial charge in [0.15, 0.2) is 0 Å². The van der Waals surface area contributed by atoms with Gasteiger partial charge < -0.3 is 15.2 Å². The molecule has 0 spiro atoms. The third-order valence-corrected chi connectivity index (χ3v) is 4.45. The first kappa shape index (κ1) is 14.0. The molecule has 2 aromatic rings. The number of nitrogens with two attached hydrogens (primary N) is 1. The maximum Gasteiger partial charge on any atom is 0.240 e. The highest BCUT2D eigenvalue weighted by molar-refractivity contribution is 7.10. The minimum absolute atomic E-state index is 0.342. The Morgan fingerprint density at radius 1 is 1.37 bits per heavy atom. The SMILES string of the molecule is COc1cnc(C(N)c2scc(C)c2Cl)c(OC)n1. The van der Waals surface area contributed by atoms with E-state index < -0.39 is 6.04 Å². The summed E-state index contributed by atoms with van der Waals surface area (Å²) in [5, 5.41) is 2.62. The molecule has 0 radical (unpaired) electrons. The largest absolute Gasteiger partial charge is 0.480 e. The first-order valence-electron chi connectivity index (χ1n) is 5.52. The highest BCUT2D eigenvalue weighted by atomic mass is 35.5. The maximum atomic E-state index is 6.22. The van der Waals surface area contributed by atoms with Crippen LogP contribution in [0, 0.1) is 6.92 Å². The van der Waals surface area contributed by atoms with Gasteiger partial charge in [0.05, 0.1) is 31.5 Å². The summed E-state index contributed by atoms with van der Waals surface area (Å²) in [5.74, 6) is 0.718. The first-order valence-corrected chi connectivity index (χ1v) is 6.78. The van der Waals surface area contributed by atoms with Crippen LogP contribution in [0.4, 0.5) is 0 Å². The van der Waals surface area contributed by atoms with Gasteiger partial charge in [0.2, 0.25) is 11.8 Å². The van der Waals surface area contributed by atoms with E-state index in [2.05, 4.69) is 9.97 Å². The Bertz CT molecular complexity index is 588. The molecule has 2 heterocycles. The van der Waals surface area contributed by atoms with E-state index in [-0.39, 0.29) is 0 Å². The smallest absolute Gasteiger partial charge is 0.240 e. The number of aryl methyl sites for hydroxylation is 1. The number of methoxy groups -OCH3 is 2. The van der Waals surface area contributed by atoms with Crippen molar-refractivity contribution >= 4 is 22.9 Å². The molecule has 2 rings (SSSR count). The number of halogens is 1.